The van der Waals surface area contributed by atoms with E-state index in [0.29, 0.717) is 12.1 Å². The maximum atomic E-state index is 6.03. The Morgan fingerprint density at radius 2 is 1.74 bits per heavy atom. The van der Waals surface area contributed by atoms with Gasteiger partial charge in [-0.05, 0) is 29.7 Å². The summed E-state index contributed by atoms with van der Waals surface area (Å²) in [6.45, 7) is 0. The standard InChI is InChI=1S/C17H17NO/c1-3-7-16-12(5-1)9-14(18-16)11-15-10-13-6-2-4-8-17(13)19-15/h1-8,14-15,18H,9-11H2. The summed E-state index contributed by atoms with van der Waals surface area (Å²) in [6, 6.07) is 17.5. The molecule has 2 heteroatoms. The van der Waals surface area contributed by atoms with Crippen molar-refractivity contribution in [3.63, 3.8) is 0 Å². The molecule has 2 nitrogen and oxygen atoms in total. The molecule has 4 rings (SSSR count). The summed E-state index contributed by atoms with van der Waals surface area (Å²) in [7, 11) is 0. The molecule has 96 valence electrons. The molecular weight excluding hydrogens is 234 g/mol. The molecule has 0 saturated carbocycles. The monoisotopic (exact) mass is 251 g/mol. The van der Waals surface area contributed by atoms with Crippen LogP contribution in [-0.4, -0.2) is 12.1 Å². The lowest BCUT2D eigenvalue weighted by molar-refractivity contribution is 0.214. The lowest BCUT2D eigenvalue weighted by Gasteiger charge is -2.16. The van der Waals surface area contributed by atoms with Crippen molar-refractivity contribution in [2.45, 2.75) is 31.4 Å². The molecule has 19 heavy (non-hydrogen) atoms. The van der Waals surface area contributed by atoms with Crippen LogP contribution in [-0.2, 0) is 12.8 Å². The summed E-state index contributed by atoms with van der Waals surface area (Å²) in [5, 5.41) is 3.61. The SMILES string of the molecule is c1ccc2c(c1)CC(CC1Cc3ccccc3O1)N2. The first-order valence-electron chi connectivity index (χ1n) is 6.97. The maximum Gasteiger partial charge on any atom is 0.123 e. The minimum Gasteiger partial charge on any atom is -0.490 e. The molecule has 0 fully saturated rings. The van der Waals surface area contributed by atoms with Crippen molar-refractivity contribution < 1.29 is 4.74 Å². The van der Waals surface area contributed by atoms with E-state index < -0.39 is 0 Å². The van der Waals surface area contributed by atoms with Gasteiger partial charge in [-0.15, -0.1) is 0 Å². The zero-order valence-electron chi connectivity index (χ0n) is 10.8. The third-order valence-electron chi connectivity index (χ3n) is 4.10. The number of anilines is 1. The smallest absolute Gasteiger partial charge is 0.123 e. The number of hydrogen-bond acceptors (Lipinski definition) is 2. The van der Waals surface area contributed by atoms with E-state index >= 15 is 0 Å². The molecule has 2 aliphatic rings. The number of benzene rings is 2. The zero-order valence-corrected chi connectivity index (χ0v) is 10.8. The van der Waals surface area contributed by atoms with Crippen LogP contribution < -0.4 is 10.1 Å². The highest BCUT2D eigenvalue weighted by molar-refractivity contribution is 5.56. The van der Waals surface area contributed by atoms with Crippen LogP contribution in [0.5, 0.6) is 5.75 Å². The minimum atomic E-state index is 0.323. The molecule has 0 aliphatic carbocycles. The minimum absolute atomic E-state index is 0.323. The first-order chi connectivity index (χ1) is 9.38. The van der Waals surface area contributed by atoms with Crippen molar-refractivity contribution in [2.24, 2.45) is 0 Å². The molecule has 0 spiro atoms. The molecule has 2 unspecified atom stereocenters. The molecule has 2 atom stereocenters. The summed E-state index contributed by atoms with van der Waals surface area (Å²) >= 11 is 0. The van der Waals surface area contributed by atoms with Crippen molar-refractivity contribution in [1.82, 2.24) is 0 Å². The fourth-order valence-corrected chi connectivity index (χ4v) is 3.22. The third-order valence-corrected chi connectivity index (χ3v) is 4.10. The Balaban J connectivity index is 1.43. The average Bonchev–Trinajstić information content (AvgIpc) is 3.00. The van der Waals surface area contributed by atoms with Crippen molar-refractivity contribution in [3.05, 3.63) is 59.7 Å². The normalized spacial score (nSPS) is 23.4. The van der Waals surface area contributed by atoms with Crippen molar-refractivity contribution in [3.8, 4) is 5.75 Å². The molecule has 0 aromatic heterocycles. The Hall–Kier alpha value is -1.96. The molecule has 2 heterocycles. The molecular formula is C17H17NO. The molecule has 0 amide bonds. The number of fused-ring (bicyclic) bond motifs is 2. The van der Waals surface area contributed by atoms with Crippen LogP contribution in [0.15, 0.2) is 48.5 Å². The van der Waals surface area contributed by atoms with Crippen LogP contribution in [0, 0.1) is 0 Å². The van der Waals surface area contributed by atoms with Crippen LogP contribution >= 0.6 is 0 Å². The topological polar surface area (TPSA) is 21.3 Å². The molecule has 0 saturated heterocycles. The predicted octanol–water partition coefficient (Wildman–Crippen LogP) is 3.42. The van der Waals surface area contributed by atoms with E-state index in [4.69, 9.17) is 4.74 Å². The summed E-state index contributed by atoms with van der Waals surface area (Å²) in [5.74, 6) is 1.07. The van der Waals surface area contributed by atoms with Gasteiger partial charge in [0.05, 0.1) is 0 Å². The van der Waals surface area contributed by atoms with Gasteiger partial charge in [-0.1, -0.05) is 36.4 Å². The van der Waals surface area contributed by atoms with Gasteiger partial charge in [0.15, 0.2) is 0 Å². The zero-order chi connectivity index (χ0) is 12.7. The fourth-order valence-electron chi connectivity index (χ4n) is 3.22. The van der Waals surface area contributed by atoms with Gasteiger partial charge >= 0.3 is 0 Å². The second kappa shape index (κ2) is 4.30. The van der Waals surface area contributed by atoms with E-state index in [9.17, 15) is 0 Å². The summed E-state index contributed by atoms with van der Waals surface area (Å²) in [5.41, 5.74) is 4.08. The second-order valence-electron chi connectivity index (χ2n) is 5.49. The molecule has 2 aliphatic heterocycles. The summed E-state index contributed by atoms with van der Waals surface area (Å²) in [6.07, 6.45) is 3.56. The third kappa shape index (κ3) is 1.97. The molecule has 0 radical (unpaired) electrons. The first kappa shape index (κ1) is 10.9. The summed E-state index contributed by atoms with van der Waals surface area (Å²) < 4.78 is 6.03. The van der Waals surface area contributed by atoms with E-state index in [2.05, 4.69) is 47.8 Å². The maximum absolute atomic E-state index is 6.03. The number of ether oxygens (including phenoxy) is 1. The Labute approximate surface area is 113 Å². The van der Waals surface area contributed by atoms with Crippen LogP contribution in [0.1, 0.15) is 17.5 Å². The van der Waals surface area contributed by atoms with Gasteiger partial charge in [0, 0.05) is 24.6 Å². The van der Waals surface area contributed by atoms with Crippen molar-refractivity contribution >= 4 is 5.69 Å². The average molecular weight is 251 g/mol. The molecule has 0 bridgehead atoms. The number of rotatable bonds is 2. The van der Waals surface area contributed by atoms with E-state index in [-0.39, 0.29) is 0 Å². The van der Waals surface area contributed by atoms with Crippen molar-refractivity contribution in [2.75, 3.05) is 5.32 Å². The van der Waals surface area contributed by atoms with Gasteiger partial charge in [-0.3, -0.25) is 0 Å². The fraction of sp³-hybridized carbons (Fsp3) is 0.294. The van der Waals surface area contributed by atoms with Gasteiger partial charge in [0.25, 0.3) is 0 Å². The van der Waals surface area contributed by atoms with Crippen LogP contribution in [0.3, 0.4) is 0 Å². The van der Waals surface area contributed by atoms with Gasteiger partial charge in [-0.25, -0.2) is 0 Å². The highest BCUT2D eigenvalue weighted by Gasteiger charge is 2.28. The van der Waals surface area contributed by atoms with Crippen LogP contribution in [0.2, 0.25) is 0 Å². The largest absolute Gasteiger partial charge is 0.490 e. The highest BCUT2D eigenvalue weighted by atomic mass is 16.5. The molecule has 1 N–H and O–H groups in total. The van der Waals surface area contributed by atoms with E-state index in [0.717, 1.165) is 25.0 Å². The molecule has 2 aromatic rings. The Kier molecular flexibility index (Phi) is 2.47. The number of para-hydroxylation sites is 2. The van der Waals surface area contributed by atoms with Gasteiger partial charge < -0.3 is 10.1 Å². The van der Waals surface area contributed by atoms with E-state index in [1.165, 1.54) is 16.8 Å². The highest BCUT2D eigenvalue weighted by Crippen LogP contribution is 2.33. The Morgan fingerprint density at radius 3 is 2.58 bits per heavy atom. The first-order valence-corrected chi connectivity index (χ1v) is 6.97. The van der Waals surface area contributed by atoms with Crippen molar-refractivity contribution in [1.29, 1.82) is 0 Å². The number of nitrogens with one attached hydrogen (secondary N) is 1. The Bertz CT molecular complexity index is 504. The summed E-state index contributed by atoms with van der Waals surface area (Å²) in [4.78, 5) is 0. The quantitative estimate of drug-likeness (QED) is 0.883. The predicted molar refractivity (Wildman–Crippen MR) is 76.7 cm³/mol. The van der Waals surface area contributed by atoms with E-state index in [1.807, 2.05) is 6.07 Å². The van der Waals surface area contributed by atoms with Gasteiger partial charge in [0.2, 0.25) is 0 Å². The second-order valence-corrected chi connectivity index (χ2v) is 5.49. The lowest BCUT2D eigenvalue weighted by Crippen LogP contribution is -2.25. The van der Waals surface area contributed by atoms with Gasteiger partial charge in [-0.2, -0.15) is 0 Å². The molecule has 2 aromatic carbocycles. The van der Waals surface area contributed by atoms with Crippen LogP contribution in [0.25, 0.3) is 0 Å². The van der Waals surface area contributed by atoms with Crippen LogP contribution in [0.4, 0.5) is 5.69 Å². The Morgan fingerprint density at radius 1 is 0.947 bits per heavy atom. The van der Waals surface area contributed by atoms with Gasteiger partial charge in [0.1, 0.15) is 11.9 Å². The van der Waals surface area contributed by atoms with E-state index in [1.54, 1.807) is 0 Å². The lowest BCUT2D eigenvalue weighted by atomic mass is 10.0. The number of hydrogen-bond donors (Lipinski definition) is 1.